The molecule has 1 aromatic carbocycles. The van der Waals surface area contributed by atoms with Gasteiger partial charge >= 0.3 is 0 Å². The second kappa shape index (κ2) is 4.58. The topological polar surface area (TPSA) is 51.0 Å². The molecular weight excluding hydrogens is 200 g/mol. The molecule has 0 aliphatic heterocycles. The van der Waals surface area contributed by atoms with E-state index in [4.69, 9.17) is 10.5 Å². The Labute approximate surface area is 95.6 Å². The summed E-state index contributed by atoms with van der Waals surface area (Å²) in [5.41, 5.74) is 8.35. The van der Waals surface area contributed by atoms with Crippen LogP contribution in [0, 0.1) is 0 Å². The SMILES string of the molecule is CCOc1ccc2[nH]cc([C@@H](N)CC)c2c1. The molecule has 3 nitrogen and oxygen atoms in total. The van der Waals surface area contributed by atoms with Gasteiger partial charge in [0, 0.05) is 23.1 Å². The standard InChI is InChI=1S/C13H18N2O/c1-3-12(14)11-8-15-13-6-5-9(16-4-2)7-10(11)13/h5-8,12,15H,3-4,14H2,1-2H3/t12-/m0/s1. The number of hydrogen-bond acceptors (Lipinski definition) is 2. The average Bonchev–Trinajstić information content (AvgIpc) is 2.71. The molecule has 0 radical (unpaired) electrons. The number of fused-ring (bicyclic) bond motifs is 1. The number of rotatable bonds is 4. The second-order valence-electron chi connectivity index (χ2n) is 3.90. The van der Waals surface area contributed by atoms with Crippen LogP contribution in [0.1, 0.15) is 31.9 Å². The van der Waals surface area contributed by atoms with Crippen molar-refractivity contribution in [3.63, 3.8) is 0 Å². The molecule has 0 spiro atoms. The third-order valence-electron chi connectivity index (χ3n) is 2.84. The van der Waals surface area contributed by atoms with Gasteiger partial charge in [0.1, 0.15) is 5.75 Å². The van der Waals surface area contributed by atoms with Crippen LogP contribution >= 0.6 is 0 Å². The molecule has 2 aromatic rings. The summed E-state index contributed by atoms with van der Waals surface area (Å²) in [7, 11) is 0. The first-order valence-corrected chi connectivity index (χ1v) is 5.75. The summed E-state index contributed by atoms with van der Waals surface area (Å²) in [5.74, 6) is 0.902. The number of nitrogens with one attached hydrogen (secondary N) is 1. The van der Waals surface area contributed by atoms with E-state index in [0.29, 0.717) is 6.61 Å². The Morgan fingerprint density at radius 3 is 2.88 bits per heavy atom. The zero-order valence-corrected chi connectivity index (χ0v) is 9.79. The molecule has 1 heterocycles. The Bertz CT molecular complexity index is 476. The lowest BCUT2D eigenvalue weighted by Gasteiger charge is -2.08. The molecule has 16 heavy (non-hydrogen) atoms. The number of hydrogen-bond donors (Lipinski definition) is 2. The van der Waals surface area contributed by atoms with E-state index in [1.165, 1.54) is 10.9 Å². The smallest absolute Gasteiger partial charge is 0.120 e. The summed E-state index contributed by atoms with van der Waals surface area (Å²) in [6, 6.07) is 6.15. The summed E-state index contributed by atoms with van der Waals surface area (Å²) in [5, 5.41) is 1.17. The Morgan fingerprint density at radius 2 is 2.19 bits per heavy atom. The summed E-state index contributed by atoms with van der Waals surface area (Å²) in [6.07, 6.45) is 2.93. The summed E-state index contributed by atoms with van der Waals surface area (Å²) < 4.78 is 5.50. The van der Waals surface area contributed by atoms with E-state index in [2.05, 4.69) is 18.0 Å². The molecule has 2 rings (SSSR count). The third kappa shape index (κ3) is 1.91. The van der Waals surface area contributed by atoms with E-state index in [1.807, 2.05) is 25.3 Å². The average molecular weight is 218 g/mol. The molecule has 0 aliphatic carbocycles. The summed E-state index contributed by atoms with van der Waals surface area (Å²) >= 11 is 0. The van der Waals surface area contributed by atoms with Gasteiger partial charge in [0.25, 0.3) is 0 Å². The molecule has 86 valence electrons. The minimum absolute atomic E-state index is 0.0885. The van der Waals surface area contributed by atoms with Crippen molar-refractivity contribution >= 4 is 10.9 Å². The molecule has 1 aromatic heterocycles. The minimum Gasteiger partial charge on any atom is -0.494 e. The zero-order chi connectivity index (χ0) is 11.5. The van der Waals surface area contributed by atoms with E-state index in [1.54, 1.807) is 0 Å². The first-order chi connectivity index (χ1) is 7.76. The van der Waals surface area contributed by atoms with E-state index >= 15 is 0 Å². The van der Waals surface area contributed by atoms with Gasteiger partial charge in [-0.25, -0.2) is 0 Å². The number of H-pyrrole nitrogens is 1. The van der Waals surface area contributed by atoms with Crippen LogP contribution in [0.5, 0.6) is 5.75 Å². The molecule has 0 amide bonds. The Balaban J connectivity index is 2.47. The highest BCUT2D eigenvalue weighted by Crippen LogP contribution is 2.27. The third-order valence-corrected chi connectivity index (χ3v) is 2.84. The van der Waals surface area contributed by atoms with Gasteiger partial charge < -0.3 is 15.5 Å². The van der Waals surface area contributed by atoms with E-state index in [9.17, 15) is 0 Å². The monoisotopic (exact) mass is 218 g/mol. The van der Waals surface area contributed by atoms with E-state index in [0.717, 1.165) is 17.7 Å². The highest BCUT2D eigenvalue weighted by Gasteiger charge is 2.10. The van der Waals surface area contributed by atoms with Gasteiger partial charge in [-0.1, -0.05) is 6.92 Å². The normalized spacial score (nSPS) is 12.9. The predicted molar refractivity (Wildman–Crippen MR) is 66.7 cm³/mol. The molecule has 1 atom stereocenters. The van der Waals surface area contributed by atoms with Crippen molar-refractivity contribution in [2.24, 2.45) is 5.73 Å². The van der Waals surface area contributed by atoms with Gasteiger partial charge in [0.15, 0.2) is 0 Å². The van der Waals surface area contributed by atoms with Crippen molar-refractivity contribution in [1.29, 1.82) is 0 Å². The van der Waals surface area contributed by atoms with Crippen LogP contribution in [0.3, 0.4) is 0 Å². The van der Waals surface area contributed by atoms with Gasteiger partial charge in [0.05, 0.1) is 6.61 Å². The molecule has 0 saturated carbocycles. The number of aromatic amines is 1. The van der Waals surface area contributed by atoms with Crippen LogP contribution in [0.15, 0.2) is 24.4 Å². The lowest BCUT2D eigenvalue weighted by Crippen LogP contribution is -2.07. The molecule has 3 heteroatoms. The predicted octanol–water partition coefficient (Wildman–Crippen LogP) is 2.98. The van der Waals surface area contributed by atoms with E-state index < -0.39 is 0 Å². The van der Waals surface area contributed by atoms with Crippen LogP contribution in [-0.2, 0) is 0 Å². The molecule has 0 fully saturated rings. The fraction of sp³-hybridized carbons (Fsp3) is 0.385. The highest BCUT2D eigenvalue weighted by atomic mass is 16.5. The fourth-order valence-electron chi connectivity index (χ4n) is 1.90. The largest absolute Gasteiger partial charge is 0.494 e. The summed E-state index contributed by atoms with van der Waals surface area (Å²) in [6.45, 7) is 4.76. The number of benzene rings is 1. The molecule has 0 unspecified atom stereocenters. The quantitative estimate of drug-likeness (QED) is 0.828. The number of nitrogens with two attached hydrogens (primary N) is 1. The van der Waals surface area contributed by atoms with Crippen molar-refractivity contribution in [3.05, 3.63) is 30.0 Å². The Morgan fingerprint density at radius 1 is 1.38 bits per heavy atom. The van der Waals surface area contributed by atoms with Gasteiger partial charge in [-0.15, -0.1) is 0 Å². The molecular formula is C13H18N2O. The van der Waals surface area contributed by atoms with Gasteiger partial charge in [-0.3, -0.25) is 0 Å². The van der Waals surface area contributed by atoms with Crippen LogP contribution in [-0.4, -0.2) is 11.6 Å². The Hall–Kier alpha value is -1.48. The van der Waals surface area contributed by atoms with Crippen LogP contribution in [0.25, 0.3) is 10.9 Å². The lowest BCUT2D eigenvalue weighted by molar-refractivity contribution is 0.340. The molecule has 3 N–H and O–H groups in total. The van der Waals surface area contributed by atoms with Crippen molar-refractivity contribution in [1.82, 2.24) is 4.98 Å². The first kappa shape index (κ1) is 11.0. The Kier molecular flexibility index (Phi) is 3.15. The molecule has 0 saturated heterocycles. The number of ether oxygens (including phenoxy) is 1. The fourth-order valence-corrected chi connectivity index (χ4v) is 1.90. The highest BCUT2D eigenvalue weighted by molar-refractivity contribution is 5.85. The molecule has 0 aliphatic rings. The van der Waals surface area contributed by atoms with Crippen molar-refractivity contribution in [2.75, 3.05) is 6.61 Å². The van der Waals surface area contributed by atoms with Crippen molar-refractivity contribution in [3.8, 4) is 5.75 Å². The van der Waals surface area contributed by atoms with Crippen LogP contribution < -0.4 is 10.5 Å². The van der Waals surface area contributed by atoms with Crippen LogP contribution in [0.2, 0.25) is 0 Å². The summed E-state index contributed by atoms with van der Waals surface area (Å²) in [4.78, 5) is 3.24. The maximum absolute atomic E-state index is 6.07. The van der Waals surface area contributed by atoms with Crippen molar-refractivity contribution < 1.29 is 4.74 Å². The van der Waals surface area contributed by atoms with E-state index in [-0.39, 0.29) is 6.04 Å². The lowest BCUT2D eigenvalue weighted by atomic mass is 10.0. The van der Waals surface area contributed by atoms with Gasteiger partial charge in [0.2, 0.25) is 0 Å². The zero-order valence-electron chi connectivity index (χ0n) is 9.79. The maximum atomic E-state index is 6.07. The minimum atomic E-state index is 0.0885. The molecule has 0 bridgehead atoms. The van der Waals surface area contributed by atoms with Gasteiger partial charge in [-0.05, 0) is 37.1 Å². The number of aromatic nitrogens is 1. The maximum Gasteiger partial charge on any atom is 0.120 e. The van der Waals surface area contributed by atoms with Crippen molar-refractivity contribution in [2.45, 2.75) is 26.3 Å². The van der Waals surface area contributed by atoms with Crippen LogP contribution in [0.4, 0.5) is 0 Å². The second-order valence-corrected chi connectivity index (χ2v) is 3.90. The first-order valence-electron chi connectivity index (χ1n) is 5.75. The van der Waals surface area contributed by atoms with Gasteiger partial charge in [-0.2, -0.15) is 0 Å².